The van der Waals surface area contributed by atoms with Crippen molar-refractivity contribution >= 4 is 22.9 Å². The van der Waals surface area contributed by atoms with Crippen molar-refractivity contribution in [3.63, 3.8) is 0 Å². The number of halogens is 1. The summed E-state index contributed by atoms with van der Waals surface area (Å²) >= 11 is 7.37. The lowest BCUT2D eigenvalue weighted by molar-refractivity contribution is 0.358. The van der Waals surface area contributed by atoms with Crippen LogP contribution in [-0.4, -0.2) is 11.6 Å². The molecule has 0 radical (unpaired) electrons. The Morgan fingerprint density at radius 2 is 2.33 bits per heavy atom. The van der Waals surface area contributed by atoms with Crippen LogP contribution in [0.2, 0.25) is 5.15 Å². The highest BCUT2D eigenvalue weighted by Crippen LogP contribution is 2.38. The van der Waals surface area contributed by atoms with Crippen LogP contribution >= 0.6 is 22.9 Å². The second-order valence-electron chi connectivity index (χ2n) is 3.37. The molecule has 3 rings (SSSR count). The molecule has 1 aliphatic rings. The third-order valence-corrected chi connectivity index (χ3v) is 3.62. The molecule has 0 saturated carbocycles. The molecule has 15 heavy (non-hydrogen) atoms. The van der Waals surface area contributed by atoms with Gasteiger partial charge in [-0.15, -0.1) is 11.3 Å². The molecule has 76 valence electrons. The summed E-state index contributed by atoms with van der Waals surface area (Å²) < 4.78 is 5.62. The SMILES string of the molecule is Clc1csc(-c2cccc3c2OCC3)n1. The molecule has 0 amide bonds. The fourth-order valence-electron chi connectivity index (χ4n) is 1.76. The van der Waals surface area contributed by atoms with Gasteiger partial charge in [-0.2, -0.15) is 0 Å². The summed E-state index contributed by atoms with van der Waals surface area (Å²) in [6.07, 6.45) is 0.988. The van der Waals surface area contributed by atoms with Crippen LogP contribution in [0, 0.1) is 0 Å². The van der Waals surface area contributed by atoms with Crippen molar-refractivity contribution in [2.24, 2.45) is 0 Å². The van der Waals surface area contributed by atoms with E-state index in [1.54, 1.807) is 11.3 Å². The van der Waals surface area contributed by atoms with E-state index in [2.05, 4.69) is 11.1 Å². The number of benzene rings is 1. The van der Waals surface area contributed by atoms with E-state index >= 15 is 0 Å². The van der Waals surface area contributed by atoms with Gasteiger partial charge in [-0.05, 0) is 11.6 Å². The third-order valence-electron chi connectivity index (χ3n) is 2.42. The zero-order valence-electron chi connectivity index (χ0n) is 7.87. The Labute approximate surface area is 96.5 Å². The molecule has 2 nitrogen and oxygen atoms in total. The normalized spacial score (nSPS) is 13.7. The molecular weight excluding hydrogens is 230 g/mol. The Bertz CT molecular complexity index is 509. The van der Waals surface area contributed by atoms with Gasteiger partial charge in [-0.1, -0.05) is 23.7 Å². The van der Waals surface area contributed by atoms with Crippen molar-refractivity contribution in [3.8, 4) is 16.3 Å². The summed E-state index contributed by atoms with van der Waals surface area (Å²) in [4.78, 5) is 4.26. The smallest absolute Gasteiger partial charge is 0.140 e. The molecular formula is C11H8ClNOS. The van der Waals surface area contributed by atoms with E-state index < -0.39 is 0 Å². The summed E-state index contributed by atoms with van der Waals surface area (Å²) in [6.45, 7) is 0.769. The van der Waals surface area contributed by atoms with Crippen LogP contribution in [0.4, 0.5) is 0 Å². The van der Waals surface area contributed by atoms with Crippen molar-refractivity contribution in [1.29, 1.82) is 0 Å². The van der Waals surface area contributed by atoms with Crippen molar-refractivity contribution in [2.45, 2.75) is 6.42 Å². The minimum Gasteiger partial charge on any atom is -0.492 e. The second-order valence-corrected chi connectivity index (χ2v) is 4.61. The summed E-state index contributed by atoms with van der Waals surface area (Å²) in [5, 5.41) is 3.31. The van der Waals surface area contributed by atoms with Gasteiger partial charge >= 0.3 is 0 Å². The van der Waals surface area contributed by atoms with Crippen LogP contribution < -0.4 is 4.74 Å². The zero-order chi connectivity index (χ0) is 10.3. The van der Waals surface area contributed by atoms with Gasteiger partial charge in [-0.25, -0.2) is 4.98 Å². The first-order chi connectivity index (χ1) is 7.34. The number of nitrogens with zero attached hydrogens (tertiary/aromatic N) is 1. The van der Waals surface area contributed by atoms with Crippen molar-refractivity contribution in [3.05, 3.63) is 34.3 Å². The highest BCUT2D eigenvalue weighted by molar-refractivity contribution is 7.13. The van der Waals surface area contributed by atoms with Crippen LogP contribution in [0.25, 0.3) is 10.6 Å². The number of rotatable bonds is 1. The van der Waals surface area contributed by atoms with Gasteiger partial charge in [0.15, 0.2) is 0 Å². The molecule has 0 aliphatic carbocycles. The van der Waals surface area contributed by atoms with Gasteiger partial charge in [-0.3, -0.25) is 0 Å². The summed E-state index contributed by atoms with van der Waals surface area (Å²) in [5.41, 5.74) is 2.32. The van der Waals surface area contributed by atoms with E-state index in [1.165, 1.54) is 5.56 Å². The van der Waals surface area contributed by atoms with E-state index in [0.29, 0.717) is 5.15 Å². The van der Waals surface area contributed by atoms with Crippen molar-refractivity contribution in [1.82, 2.24) is 4.98 Å². The summed E-state index contributed by atoms with van der Waals surface area (Å²) in [7, 11) is 0. The molecule has 0 fully saturated rings. The molecule has 4 heteroatoms. The van der Waals surface area contributed by atoms with Crippen LogP contribution in [-0.2, 0) is 6.42 Å². The van der Waals surface area contributed by atoms with Gasteiger partial charge in [0.2, 0.25) is 0 Å². The average molecular weight is 238 g/mol. The maximum atomic E-state index is 5.82. The Morgan fingerprint density at radius 3 is 3.13 bits per heavy atom. The lowest BCUT2D eigenvalue weighted by Gasteiger charge is -2.04. The first-order valence-corrected chi connectivity index (χ1v) is 5.96. The molecule has 1 aliphatic heterocycles. The molecule has 1 aromatic heterocycles. The number of hydrogen-bond donors (Lipinski definition) is 0. The molecule has 0 spiro atoms. The van der Waals surface area contributed by atoms with E-state index in [9.17, 15) is 0 Å². The summed E-state index contributed by atoms with van der Waals surface area (Å²) in [5.74, 6) is 0.975. The zero-order valence-corrected chi connectivity index (χ0v) is 9.44. The first kappa shape index (κ1) is 9.19. The predicted molar refractivity (Wildman–Crippen MR) is 61.8 cm³/mol. The van der Waals surface area contributed by atoms with E-state index in [-0.39, 0.29) is 0 Å². The van der Waals surface area contributed by atoms with Crippen molar-refractivity contribution in [2.75, 3.05) is 6.61 Å². The largest absolute Gasteiger partial charge is 0.492 e. The number of para-hydroxylation sites is 1. The predicted octanol–water partition coefficient (Wildman–Crippen LogP) is 3.40. The third kappa shape index (κ3) is 1.52. The van der Waals surface area contributed by atoms with Gasteiger partial charge in [0.05, 0.1) is 12.2 Å². The van der Waals surface area contributed by atoms with Gasteiger partial charge < -0.3 is 4.74 Å². The minimum atomic E-state index is 0.547. The summed E-state index contributed by atoms with van der Waals surface area (Å²) in [6, 6.07) is 6.17. The number of aromatic nitrogens is 1. The maximum absolute atomic E-state index is 5.82. The molecule has 0 saturated heterocycles. The molecule has 1 aromatic carbocycles. The Kier molecular flexibility index (Phi) is 2.15. The van der Waals surface area contributed by atoms with Gasteiger partial charge in [0.25, 0.3) is 0 Å². The monoisotopic (exact) mass is 237 g/mol. The lowest BCUT2D eigenvalue weighted by atomic mass is 10.1. The van der Waals surface area contributed by atoms with Crippen LogP contribution in [0.3, 0.4) is 0 Å². The minimum absolute atomic E-state index is 0.547. The topological polar surface area (TPSA) is 22.1 Å². The van der Waals surface area contributed by atoms with Crippen molar-refractivity contribution < 1.29 is 4.74 Å². The number of ether oxygens (including phenoxy) is 1. The molecule has 0 N–H and O–H groups in total. The van der Waals surface area contributed by atoms with E-state index in [0.717, 1.165) is 29.3 Å². The van der Waals surface area contributed by atoms with Crippen LogP contribution in [0.5, 0.6) is 5.75 Å². The van der Waals surface area contributed by atoms with Crippen LogP contribution in [0.1, 0.15) is 5.56 Å². The molecule has 2 heterocycles. The fraction of sp³-hybridized carbons (Fsp3) is 0.182. The Balaban J connectivity index is 2.16. The molecule has 0 atom stereocenters. The Hall–Kier alpha value is -1.06. The van der Waals surface area contributed by atoms with Crippen LogP contribution in [0.15, 0.2) is 23.6 Å². The highest BCUT2D eigenvalue weighted by atomic mass is 35.5. The Morgan fingerprint density at radius 1 is 1.40 bits per heavy atom. The second kappa shape index (κ2) is 3.51. The molecule has 2 aromatic rings. The maximum Gasteiger partial charge on any atom is 0.140 e. The number of thiazole rings is 1. The van der Waals surface area contributed by atoms with E-state index in [4.69, 9.17) is 16.3 Å². The van der Waals surface area contributed by atoms with E-state index in [1.807, 2.05) is 17.5 Å². The van der Waals surface area contributed by atoms with Gasteiger partial charge in [0.1, 0.15) is 15.9 Å². The molecule has 0 unspecified atom stereocenters. The fourth-order valence-corrected chi connectivity index (χ4v) is 2.73. The number of fused-ring (bicyclic) bond motifs is 1. The lowest BCUT2D eigenvalue weighted by Crippen LogP contribution is -1.88. The highest BCUT2D eigenvalue weighted by Gasteiger charge is 2.18. The average Bonchev–Trinajstić information content (AvgIpc) is 2.84. The van der Waals surface area contributed by atoms with Gasteiger partial charge in [0, 0.05) is 11.8 Å². The molecule has 0 bridgehead atoms. The standard InChI is InChI=1S/C11H8ClNOS/c12-9-6-15-11(13-9)8-3-1-2-7-4-5-14-10(7)8/h1-3,6H,4-5H2. The first-order valence-electron chi connectivity index (χ1n) is 4.71. The number of hydrogen-bond acceptors (Lipinski definition) is 3. The quantitative estimate of drug-likeness (QED) is 0.759.